The van der Waals surface area contributed by atoms with Crippen LogP contribution in [0, 0.1) is 13.8 Å². The van der Waals surface area contributed by atoms with Gasteiger partial charge in [0.1, 0.15) is 23.4 Å². The predicted octanol–water partition coefficient (Wildman–Crippen LogP) is 5.55. The summed E-state index contributed by atoms with van der Waals surface area (Å²) in [4.78, 5) is 1.43. The minimum absolute atomic E-state index is 0.0873. The van der Waals surface area contributed by atoms with Crippen molar-refractivity contribution in [3.63, 3.8) is 0 Å². The second kappa shape index (κ2) is 9.81. The van der Waals surface area contributed by atoms with E-state index in [4.69, 9.17) is 18.8 Å². The Morgan fingerprint density at radius 2 is 1.53 bits per heavy atom. The van der Waals surface area contributed by atoms with Gasteiger partial charge in [-0.3, -0.25) is 0 Å². The number of hydrogen-bond acceptors (Lipinski definition) is 7. The van der Waals surface area contributed by atoms with Gasteiger partial charge >= 0.3 is 7.12 Å². The molecule has 0 saturated carbocycles. The van der Waals surface area contributed by atoms with E-state index in [1.165, 1.54) is 22.9 Å². The maximum atomic E-state index is 9.96. The number of hydrogen-bond donors (Lipinski definition) is 2. The molecular formula is C28H28BNO6. The molecule has 0 spiro atoms. The molecule has 0 fully saturated rings. The van der Waals surface area contributed by atoms with Crippen LogP contribution < -0.4 is 14.9 Å². The maximum absolute atomic E-state index is 9.96. The van der Waals surface area contributed by atoms with Crippen LogP contribution in [0.15, 0.2) is 85.0 Å². The van der Waals surface area contributed by atoms with Gasteiger partial charge < -0.3 is 33.9 Å². The number of aliphatic hydroxyl groups is 2. The monoisotopic (exact) mass is 485 g/mol. The molecular weight excluding hydrogens is 457 g/mol. The van der Waals surface area contributed by atoms with E-state index in [2.05, 4.69) is 32.0 Å². The Morgan fingerprint density at radius 3 is 2.19 bits per heavy atom. The van der Waals surface area contributed by atoms with Crippen molar-refractivity contribution in [3.05, 3.63) is 107 Å². The first kappa shape index (κ1) is 23.5. The third-order valence-corrected chi connectivity index (χ3v) is 6.31. The minimum atomic E-state index is -1.00. The number of rotatable bonds is 5. The fraction of sp³-hybridized carbons (Fsp3) is 0.214. The summed E-state index contributed by atoms with van der Waals surface area (Å²) in [5.41, 5.74) is 5.13. The number of fused-ring (bicyclic) bond motifs is 1. The molecule has 36 heavy (non-hydrogen) atoms. The predicted molar refractivity (Wildman–Crippen MR) is 137 cm³/mol. The van der Waals surface area contributed by atoms with Gasteiger partial charge in [-0.2, -0.15) is 0 Å². The van der Waals surface area contributed by atoms with Crippen molar-refractivity contribution in [2.75, 3.05) is 7.05 Å². The molecule has 0 saturated heterocycles. The summed E-state index contributed by atoms with van der Waals surface area (Å²) in [6, 6.07) is 19.5. The van der Waals surface area contributed by atoms with E-state index >= 15 is 0 Å². The van der Waals surface area contributed by atoms with Gasteiger partial charge in [0.05, 0.1) is 12.4 Å². The lowest BCUT2D eigenvalue weighted by atomic mass is 9.79. The standard InChI is InChI=1S/C28H28BNO6/c1-18-6-4-7-19(2)28(18)34-24-9-5-8-22-23(24)14-15-25(22)33-21-12-10-20(11-13-21)29-35-26(31)16-30(3)17-27(32)36-29/h4-13,16-17,25,31-32H,14-15H2,1-3H3/b26-16-,27-17?/t25-/m1/s1. The van der Waals surface area contributed by atoms with Gasteiger partial charge in [-0.25, -0.2) is 0 Å². The SMILES string of the molecule is Cc1cccc(C)c1Oc1cccc2c1CC[C@H]2Oc1ccc(B2OC(O)=CN(C)/C=C(/O)O2)cc1. The van der Waals surface area contributed by atoms with Crippen LogP contribution in [-0.2, 0) is 15.7 Å². The minimum Gasteiger partial charge on any atom is -0.494 e. The largest absolute Gasteiger partial charge is 0.636 e. The highest BCUT2D eigenvalue weighted by atomic mass is 16.7. The molecule has 3 aromatic rings. The van der Waals surface area contributed by atoms with Crippen LogP contribution >= 0.6 is 0 Å². The van der Waals surface area contributed by atoms with E-state index in [0.29, 0.717) is 11.2 Å². The second-order valence-corrected chi connectivity index (χ2v) is 9.03. The Balaban J connectivity index is 1.31. The van der Waals surface area contributed by atoms with Crippen LogP contribution in [0.5, 0.6) is 17.2 Å². The Morgan fingerprint density at radius 1 is 0.889 bits per heavy atom. The number of ether oxygens (including phenoxy) is 2. The van der Waals surface area contributed by atoms with Crippen LogP contribution in [0.25, 0.3) is 0 Å². The van der Waals surface area contributed by atoms with Crippen LogP contribution in [0.3, 0.4) is 0 Å². The van der Waals surface area contributed by atoms with Crippen molar-refractivity contribution in [2.45, 2.75) is 32.8 Å². The van der Waals surface area contributed by atoms with Crippen molar-refractivity contribution in [1.29, 1.82) is 0 Å². The zero-order chi connectivity index (χ0) is 25.2. The topological polar surface area (TPSA) is 80.6 Å². The Kier molecular flexibility index (Phi) is 6.42. The summed E-state index contributed by atoms with van der Waals surface area (Å²) >= 11 is 0. The number of aliphatic hydroxyl groups excluding tert-OH is 2. The van der Waals surface area contributed by atoms with E-state index in [9.17, 15) is 10.2 Å². The van der Waals surface area contributed by atoms with E-state index in [1.807, 2.05) is 30.3 Å². The van der Waals surface area contributed by atoms with E-state index in [0.717, 1.165) is 41.0 Å². The zero-order valence-corrected chi connectivity index (χ0v) is 20.5. The highest BCUT2D eigenvalue weighted by Crippen LogP contribution is 2.41. The molecule has 5 rings (SSSR count). The van der Waals surface area contributed by atoms with Crippen molar-refractivity contribution in [1.82, 2.24) is 4.90 Å². The lowest BCUT2D eigenvalue weighted by molar-refractivity contribution is 0.124. The van der Waals surface area contributed by atoms with E-state index in [-0.39, 0.29) is 18.0 Å². The quantitative estimate of drug-likeness (QED) is 0.459. The average molecular weight is 485 g/mol. The van der Waals surface area contributed by atoms with Gasteiger partial charge in [0.25, 0.3) is 11.9 Å². The van der Waals surface area contributed by atoms with Crippen LogP contribution in [0.1, 0.15) is 34.8 Å². The summed E-state index contributed by atoms with van der Waals surface area (Å²) in [6.07, 6.45) is 4.30. The first-order chi connectivity index (χ1) is 17.4. The Hall–Kier alpha value is -4.20. The molecule has 1 heterocycles. The Labute approximate surface area is 210 Å². The normalized spacial score (nSPS) is 18.6. The number of aryl methyl sites for hydroxylation is 2. The fourth-order valence-corrected chi connectivity index (χ4v) is 4.56. The van der Waals surface area contributed by atoms with Crippen LogP contribution in [0.2, 0.25) is 0 Å². The number of para-hydroxylation sites is 1. The number of benzene rings is 3. The van der Waals surface area contributed by atoms with Gasteiger partial charge in [-0.05, 0) is 61.6 Å². The molecule has 1 atom stereocenters. The van der Waals surface area contributed by atoms with Crippen molar-refractivity contribution in [3.8, 4) is 17.2 Å². The van der Waals surface area contributed by atoms with Crippen LogP contribution in [0.4, 0.5) is 0 Å². The molecule has 0 radical (unpaired) electrons. The van der Waals surface area contributed by atoms with Gasteiger partial charge in [-0.1, -0.05) is 42.5 Å². The lowest BCUT2D eigenvalue weighted by Gasteiger charge is -2.20. The Bertz CT molecular complexity index is 1280. The summed E-state index contributed by atoms with van der Waals surface area (Å²) in [5, 5.41) is 19.9. The highest BCUT2D eigenvalue weighted by Gasteiger charge is 2.31. The van der Waals surface area contributed by atoms with E-state index < -0.39 is 7.12 Å². The molecule has 7 nitrogen and oxygen atoms in total. The third-order valence-electron chi connectivity index (χ3n) is 6.31. The molecule has 0 unspecified atom stereocenters. The summed E-state index contributed by atoms with van der Waals surface area (Å²) in [6.45, 7) is 4.11. The lowest BCUT2D eigenvalue weighted by Crippen LogP contribution is -2.37. The first-order valence-corrected chi connectivity index (χ1v) is 11.9. The second-order valence-electron chi connectivity index (χ2n) is 9.03. The summed E-state index contributed by atoms with van der Waals surface area (Å²) in [5.74, 6) is 1.82. The summed E-state index contributed by atoms with van der Waals surface area (Å²) in [7, 11) is 0.628. The molecule has 0 bridgehead atoms. The average Bonchev–Trinajstić information content (AvgIpc) is 3.24. The molecule has 184 valence electrons. The molecule has 2 N–H and O–H groups in total. The van der Waals surface area contributed by atoms with Crippen molar-refractivity contribution < 1.29 is 29.0 Å². The third kappa shape index (κ3) is 4.93. The molecule has 3 aromatic carbocycles. The van der Waals surface area contributed by atoms with Crippen molar-refractivity contribution in [2.24, 2.45) is 0 Å². The molecule has 8 heteroatoms. The van der Waals surface area contributed by atoms with Gasteiger partial charge in [-0.15, -0.1) is 0 Å². The fourth-order valence-electron chi connectivity index (χ4n) is 4.56. The molecule has 1 aliphatic carbocycles. The molecule has 2 aliphatic rings. The first-order valence-electron chi connectivity index (χ1n) is 11.9. The van der Waals surface area contributed by atoms with Crippen molar-refractivity contribution >= 4 is 12.6 Å². The molecule has 0 amide bonds. The molecule has 0 aromatic heterocycles. The maximum Gasteiger partial charge on any atom is 0.636 e. The molecule has 1 aliphatic heterocycles. The number of nitrogens with zero attached hydrogens (tertiary/aromatic N) is 1. The van der Waals surface area contributed by atoms with Gasteiger partial charge in [0.15, 0.2) is 0 Å². The summed E-state index contributed by atoms with van der Waals surface area (Å²) < 4.78 is 23.5. The van der Waals surface area contributed by atoms with Crippen LogP contribution in [-0.4, -0.2) is 29.3 Å². The zero-order valence-electron chi connectivity index (χ0n) is 20.5. The van der Waals surface area contributed by atoms with Gasteiger partial charge in [0, 0.05) is 18.1 Å². The highest BCUT2D eigenvalue weighted by molar-refractivity contribution is 6.61. The van der Waals surface area contributed by atoms with Gasteiger partial charge in [0.2, 0.25) is 0 Å². The smallest absolute Gasteiger partial charge is 0.494 e. The van der Waals surface area contributed by atoms with E-state index in [1.54, 1.807) is 19.2 Å².